The average molecular weight is 612 g/mol. The predicted molar refractivity (Wildman–Crippen MR) is 173 cm³/mol. The number of benzene rings is 2. The first-order chi connectivity index (χ1) is 21.1. The largest absolute Gasteiger partial charge is 0.462 e. The number of nitrogens with one attached hydrogen (secondary N) is 1. The van der Waals surface area contributed by atoms with Crippen LogP contribution in [-0.4, -0.2) is 44.0 Å². The van der Waals surface area contributed by atoms with Gasteiger partial charge >= 0.3 is 5.97 Å². The van der Waals surface area contributed by atoms with Crippen LogP contribution in [0.4, 0.5) is 5.00 Å². The topological polar surface area (TPSA) is 99.0 Å². The van der Waals surface area contributed by atoms with E-state index in [9.17, 15) is 9.59 Å². The third-order valence-electron chi connectivity index (χ3n) is 7.55. The highest BCUT2D eigenvalue weighted by Gasteiger charge is 2.27. The van der Waals surface area contributed by atoms with Gasteiger partial charge in [-0.1, -0.05) is 66.7 Å². The van der Waals surface area contributed by atoms with Crippen LogP contribution in [0.5, 0.6) is 0 Å². The van der Waals surface area contributed by atoms with Crippen LogP contribution in [0.15, 0.2) is 65.8 Å². The van der Waals surface area contributed by atoms with Gasteiger partial charge in [0.2, 0.25) is 5.91 Å². The van der Waals surface area contributed by atoms with Crippen molar-refractivity contribution in [1.29, 1.82) is 0 Å². The number of pyridine rings is 1. The average Bonchev–Trinajstić information content (AvgIpc) is 3.52. The summed E-state index contributed by atoms with van der Waals surface area (Å²) in [5.74, 6) is 0.308. The lowest BCUT2D eigenvalue weighted by molar-refractivity contribution is -0.113. The number of amides is 1. The second-order valence-electron chi connectivity index (χ2n) is 10.3. The first kappa shape index (κ1) is 29.1. The Morgan fingerprint density at radius 1 is 1.00 bits per heavy atom. The van der Waals surface area contributed by atoms with Crippen molar-refractivity contribution in [1.82, 2.24) is 19.7 Å². The molecular weight excluding hydrogens is 579 g/mol. The van der Waals surface area contributed by atoms with Gasteiger partial charge in [-0.2, -0.15) is 0 Å². The van der Waals surface area contributed by atoms with E-state index in [2.05, 4.69) is 21.6 Å². The normalized spacial score (nSPS) is 13.0. The van der Waals surface area contributed by atoms with Crippen LogP contribution >= 0.6 is 23.1 Å². The molecule has 2 aromatic carbocycles. The number of hydrogen-bond donors (Lipinski definition) is 1. The van der Waals surface area contributed by atoms with Crippen molar-refractivity contribution in [2.75, 3.05) is 17.7 Å². The maximum Gasteiger partial charge on any atom is 0.341 e. The van der Waals surface area contributed by atoms with Gasteiger partial charge in [-0.05, 0) is 57.2 Å². The predicted octanol–water partition coefficient (Wildman–Crippen LogP) is 7.42. The minimum Gasteiger partial charge on any atom is -0.462 e. The summed E-state index contributed by atoms with van der Waals surface area (Å²) in [7, 11) is 0. The first-order valence-corrected chi connectivity index (χ1v) is 16.5. The van der Waals surface area contributed by atoms with Crippen molar-refractivity contribution in [3.05, 3.63) is 76.7 Å². The Morgan fingerprint density at radius 2 is 1.79 bits per heavy atom. The van der Waals surface area contributed by atoms with E-state index in [0.717, 1.165) is 71.2 Å². The van der Waals surface area contributed by atoms with Crippen LogP contribution in [0.1, 0.15) is 53.9 Å². The highest BCUT2D eigenvalue weighted by molar-refractivity contribution is 7.99. The number of carbonyl (C=O) groups is 2. The second kappa shape index (κ2) is 13.1. The third kappa shape index (κ3) is 6.07. The van der Waals surface area contributed by atoms with Crippen LogP contribution in [0, 0.1) is 0 Å². The van der Waals surface area contributed by atoms with Crippen molar-refractivity contribution in [2.45, 2.75) is 57.7 Å². The molecule has 3 aromatic heterocycles. The lowest BCUT2D eigenvalue weighted by Gasteiger charge is -2.12. The van der Waals surface area contributed by atoms with Crippen molar-refractivity contribution >= 4 is 50.9 Å². The zero-order valence-electron chi connectivity index (χ0n) is 24.3. The van der Waals surface area contributed by atoms with Crippen LogP contribution in [-0.2, 0) is 28.9 Å². The van der Waals surface area contributed by atoms with Crippen LogP contribution in [0.2, 0.25) is 0 Å². The molecule has 0 unspecified atom stereocenters. The van der Waals surface area contributed by atoms with Crippen LogP contribution < -0.4 is 5.32 Å². The molecule has 0 fully saturated rings. The van der Waals surface area contributed by atoms with Gasteiger partial charge < -0.3 is 14.6 Å². The molecule has 1 amide bonds. The summed E-state index contributed by atoms with van der Waals surface area (Å²) in [6, 6.07) is 20.2. The fourth-order valence-electron chi connectivity index (χ4n) is 5.54. The Bertz CT molecular complexity index is 1780. The molecule has 6 rings (SSSR count). The van der Waals surface area contributed by atoms with Gasteiger partial charge in [0.25, 0.3) is 0 Å². The minimum absolute atomic E-state index is 0.134. The first-order valence-electron chi connectivity index (χ1n) is 14.7. The fraction of sp³-hybridized carbons (Fsp3) is 0.303. The molecule has 1 N–H and O–H groups in total. The summed E-state index contributed by atoms with van der Waals surface area (Å²) in [4.78, 5) is 32.2. The van der Waals surface area contributed by atoms with Crippen LogP contribution in [0.3, 0.4) is 0 Å². The quantitative estimate of drug-likeness (QED) is 0.105. The van der Waals surface area contributed by atoms with Gasteiger partial charge in [-0.15, -0.1) is 21.5 Å². The summed E-state index contributed by atoms with van der Waals surface area (Å²) in [5, 5.41) is 14.3. The molecule has 0 radical (unpaired) electrons. The molecule has 0 spiro atoms. The van der Waals surface area contributed by atoms with E-state index in [4.69, 9.17) is 9.72 Å². The number of aromatic nitrogens is 4. The zero-order valence-corrected chi connectivity index (χ0v) is 25.9. The number of fused-ring (bicyclic) bond motifs is 2. The number of esters is 1. The van der Waals surface area contributed by atoms with E-state index in [0.29, 0.717) is 28.9 Å². The Morgan fingerprint density at radius 3 is 2.60 bits per heavy atom. The van der Waals surface area contributed by atoms with Gasteiger partial charge in [0.15, 0.2) is 11.0 Å². The SMILES string of the molecule is CCOC(=O)c1c(NC(=O)CSc2nnc(-c3cc(-c4ccccc4)nc4ccccc34)n2CC)sc2c1CCCCC2. The summed E-state index contributed by atoms with van der Waals surface area (Å²) < 4.78 is 7.41. The Kier molecular flexibility index (Phi) is 8.85. The van der Waals surface area contributed by atoms with E-state index < -0.39 is 0 Å². The Hall–Kier alpha value is -4.02. The van der Waals surface area contributed by atoms with Gasteiger partial charge in [-0.3, -0.25) is 4.79 Å². The van der Waals surface area contributed by atoms with E-state index in [1.807, 2.05) is 66.1 Å². The lowest BCUT2D eigenvalue weighted by Crippen LogP contribution is -2.17. The summed E-state index contributed by atoms with van der Waals surface area (Å²) in [6.07, 6.45) is 5.03. The fourth-order valence-corrected chi connectivity index (χ4v) is 7.64. The van der Waals surface area contributed by atoms with Crippen molar-refractivity contribution < 1.29 is 14.3 Å². The maximum atomic E-state index is 13.2. The monoisotopic (exact) mass is 611 g/mol. The number of rotatable bonds is 9. The summed E-state index contributed by atoms with van der Waals surface area (Å²) in [5.41, 5.74) is 5.27. The number of para-hydroxylation sites is 1. The van der Waals surface area contributed by atoms with Crippen LogP contribution in [0.25, 0.3) is 33.5 Å². The van der Waals surface area contributed by atoms with Crippen molar-refractivity contribution in [3.63, 3.8) is 0 Å². The molecule has 0 saturated carbocycles. The van der Waals surface area contributed by atoms with Gasteiger partial charge in [-0.25, -0.2) is 9.78 Å². The highest BCUT2D eigenvalue weighted by atomic mass is 32.2. The summed E-state index contributed by atoms with van der Waals surface area (Å²) >= 11 is 2.84. The molecule has 5 aromatic rings. The lowest BCUT2D eigenvalue weighted by atomic mass is 10.0. The molecule has 0 atom stereocenters. The molecular formula is C33H33N5O3S2. The number of ether oxygens (including phenoxy) is 1. The molecule has 1 aliphatic rings. The van der Waals surface area contributed by atoms with E-state index in [1.54, 1.807) is 6.92 Å². The number of hydrogen-bond acceptors (Lipinski definition) is 8. The van der Waals surface area contributed by atoms with Crippen molar-refractivity contribution in [2.24, 2.45) is 0 Å². The Labute approximate surface area is 258 Å². The van der Waals surface area contributed by atoms with Gasteiger partial charge in [0.1, 0.15) is 5.00 Å². The molecule has 8 nitrogen and oxygen atoms in total. The molecule has 10 heteroatoms. The van der Waals surface area contributed by atoms with Gasteiger partial charge in [0, 0.05) is 27.9 Å². The van der Waals surface area contributed by atoms with E-state index >= 15 is 0 Å². The number of aryl methyl sites for hydroxylation is 1. The standard InChI is InChI=1S/C33H33N5O3S2/c1-3-38-30(24-19-26(21-13-7-5-8-14-21)34-25-17-12-11-15-22(24)25)36-37-33(38)42-20-28(39)35-31-29(32(40)41-4-2)23-16-9-6-10-18-27(23)43-31/h5,7-8,11-15,17,19H,3-4,6,9-10,16,18,20H2,1-2H3,(H,35,39). The van der Waals surface area contributed by atoms with E-state index in [1.165, 1.54) is 28.0 Å². The number of nitrogens with zero attached hydrogens (tertiary/aromatic N) is 4. The minimum atomic E-state index is -0.361. The highest BCUT2D eigenvalue weighted by Crippen LogP contribution is 2.38. The molecule has 0 aliphatic heterocycles. The molecule has 220 valence electrons. The number of carbonyl (C=O) groups excluding carboxylic acids is 2. The number of thioether (sulfide) groups is 1. The van der Waals surface area contributed by atoms with Crippen molar-refractivity contribution in [3.8, 4) is 22.6 Å². The Balaban J connectivity index is 1.26. The second-order valence-corrected chi connectivity index (χ2v) is 12.4. The molecule has 43 heavy (non-hydrogen) atoms. The number of thiophene rings is 1. The van der Waals surface area contributed by atoms with E-state index in [-0.39, 0.29) is 17.6 Å². The van der Waals surface area contributed by atoms with Gasteiger partial charge in [0.05, 0.1) is 29.1 Å². The number of anilines is 1. The zero-order chi connectivity index (χ0) is 29.8. The molecule has 1 aliphatic carbocycles. The smallest absolute Gasteiger partial charge is 0.341 e. The molecule has 0 bridgehead atoms. The molecule has 3 heterocycles. The third-order valence-corrected chi connectivity index (χ3v) is 9.72. The molecule has 0 saturated heterocycles. The maximum absolute atomic E-state index is 13.2. The summed E-state index contributed by atoms with van der Waals surface area (Å²) in [6.45, 7) is 4.77.